The lowest BCUT2D eigenvalue weighted by Crippen LogP contribution is -2.56. The molecule has 2 N–H and O–H groups in total. The van der Waals surface area contributed by atoms with Crippen LogP contribution in [0.1, 0.15) is 131 Å². The van der Waals surface area contributed by atoms with Crippen molar-refractivity contribution in [2.45, 2.75) is 144 Å². The topological polar surface area (TPSA) is 172 Å². The molecule has 12 nitrogen and oxygen atoms in total. The predicted molar refractivity (Wildman–Crippen MR) is 185 cm³/mol. The number of fused-ring (bicyclic) bond motifs is 1. The molecule has 1 aromatic rings. The van der Waals surface area contributed by atoms with Crippen molar-refractivity contribution in [3.05, 3.63) is 5.82 Å². The van der Waals surface area contributed by atoms with Gasteiger partial charge in [0, 0.05) is 50.5 Å². The Bertz CT molecular complexity index is 1280. The summed E-state index contributed by atoms with van der Waals surface area (Å²) in [5.74, 6) is -2.44. The maximum atomic E-state index is 14.3. The highest BCUT2D eigenvalue weighted by molar-refractivity contribution is 6.38. The molecule has 0 aromatic carbocycles. The summed E-state index contributed by atoms with van der Waals surface area (Å²) in [5, 5.41) is 16.8. The average Bonchev–Trinajstić information content (AvgIpc) is 3.81. The van der Waals surface area contributed by atoms with Crippen LogP contribution in [0.3, 0.4) is 0 Å². The highest BCUT2D eigenvalue weighted by Gasteiger charge is 2.51. The van der Waals surface area contributed by atoms with E-state index in [0.29, 0.717) is 44.5 Å². The molecule has 2 aliphatic rings. The van der Waals surface area contributed by atoms with Crippen LogP contribution in [0, 0.1) is 41.4 Å². The van der Waals surface area contributed by atoms with Crippen molar-refractivity contribution in [3.63, 3.8) is 0 Å². The van der Waals surface area contributed by atoms with Crippen molar-refractivity contribution >= 4 is 34.9 Å². The number of hydrogen-bond acceptors (Lipinski definition) is 9. The maximum Gasteiger partial charge on any atom is 0.246 e. The second-order valence-corrected chi connectivity index (χ2v) is 15.3. The van der Waals surface area contributed by atoms with E-state index in [0.717, 1.165) is 32.1 Å². The standard InChI is InChI=1S/C37H60N6O6/c1-8-13-25(35(47)31(46)18-24(7)9-2)19-30(45)34-28-16-12-14-26(28)21-43(34)37(49)33(23(5)6)38-36(48)29(22(3)4)20-27(44)15-10-11-17-32-39-41-42-40-32/h22-26,28-29,33-34H,8-21H2,1-7H3,(H,38,48)(H,39,40,41,42)/t24?,25?,26-,28-,29+,33-,34?/m0/s1. The molecule has 0 spiro atoms. The number of aryl methyl sites for hydroxylation is 1. The highest BCUT2D eigenvalue weighted by atomic mass is 16.2. The van der Waals surface area contributed by atoms with E-state index in [9.17, 15) is 28.8 Å². The number of H-pyrrole nitrogens is 1. The number of carbonyl (C=O) groups excluding carboxylic acids is 6. The molecule has 1 saturated carbocycles. The molecule has 2 amide bonds. The van der Waals surface area contributed by atoms with Gasteiger partial charge in [0.25, 0.3) is 0 Å². The number of aromatic amines is 1. The van der Waals surface area contributed by atoms with Crippen LogP contribution in [0.15, 0.2) is 0 Å². The van der Waals surface area contributed by atoms with E-state index in [1.165, 1.54) is 0 Å². The van der Waals surface area contributed by atoms with E-state index in [2.05, 4.69) is 25.9 Å². The summed E-state index contributed by atoms with van der Waals surface area (Å²) in [6.07, 6.45) is 7.20. The molecule has 1 aliphatic heterocycles. The lowest BCUT2D eigenvalue weighted by atomic mass is 9.83. The van der Waals surface area contributed by atoms with Crippen molar-refractivity contribution in [1.82, 2.24) is 30.8 Å². The monoisotopic (exact) mass is 684 g/mol. The second-order valence-electron chi connectivity index (χ2n) is 15.3. The Morgan fingerprint density at radius 3 is 2.29 bits per heavy atom. The van der Waals surface area contributed by atoms with Crippen molar-refractivity contribution in [1.29, 1.82) is 0 Å². The molecule has 2 heterocycles. The molecule has 1 saturated heterocycles. The maximum absolute atomic E-state index is 14.3. The van der Waals surface area contributed by atoms with Crippen LogP contribution in [0.25, 0.3) is 0 Å². The Hall–Kier alpha value is -3.31. The number of ketones is 4. The number of rotatable bonds is 22. The molecule has 0 radical (unpaired) electrons. The Kier molecular flexibility index (Phi) is 15.7. The van der Waals surface area contributed by atoms with Gasteiger partial charge in [-0.05, 0) is 61.7 Å². The Labute approximate surface area is 292 Å². The summed E-state index contributed by atoms with van der Waals surface area (Å²) in [5.41, 5.74) is 0. The third-order valence-corrected chi connectivity index (χ3v) is 10.8. The van der Waals surface area contributed by atoms with E-state index in [-0.39, 0.29) is 72.2 Å². The molecule has 1 aromatic heterocycles. The lowest BCUT2D eigenvalue weighted by molar-refractivity contribution is -0.145. The van der Waals surface area contributed by atoms with Crippen LogP contribution in [-0.4, -0.2) is 79.1 Å². The number of Topliss-reactive ketones (excluding diaryl/α,β-unsaturated/α-hetero) is 4. The Morgan fingerprint density at radius 1 is 0.939 bits per heavy atom. The molecule has 274 valence electrons. The van der Waals surface area contributed by atoms with Gasteiger partial charge < -0.3 is 10.2 Å². The van der Waals surface area contributed by atoms with E-state index in [1.807, 2.05) is 48.5 Å². The fourth-order valence-electron chi connectivity index (χ4n) is 7.60. The SMILES string of the molecule is CCCC(CC(=O)C1[C@H]2CCC[C@H]2CN1C(=O)[C@@H](NC(=O)[C@H](CC(=O)CCCCc1nn[nH]n1)C(C)C)C(C)C)C(=O)C(=O)CC(C)CC. The summed E-state index contributed by atoms with van der Waals surface area (Å²) in [6, 6.07) is -1.54. The van der Waals surface area contributed by atoms with Crippen molar-refractivity contribution in [2.75, 3.05) is 6.54 Å². The lowest BCUT2D eigenvalue weighted by Gasteiger charge is -2.33. The van der Waals surface area contributed by atoms with Gasteiger partial charge in [-0.2, -0.15) is 5.21 Å². The summed E-state index contributed by atoms with van der Waals surface area (Å²) < 4.78 is 0. The first-order chi connectivity index (χ1) is 23.3. The Morgan fingerprint density at radius 2 is 1.67 bits per heavy atom. The van der Waals surface area contributed by atoms with Gasteiger partial charge in [-0.3, -0.25) is 28.8 Å². The van der Waals surface area contributed by atoms with Gasteiger partial charge in [0.15, 0.2) is 17.4 Å². The van der Waals surface area contributed by atoms with Crippen LogP contribution in [-0.2, 0) is 35.2 Å². The van der Waals surface area contributed by atoms with Gasteiger partial charge in [-0.1, -0.05) is 72.9 Å². The van der Waals surface area contributed by atoms with E-state index < -0.39 is 35.5 Å². The molecule has 12 heteroatoms. The first-order valence-corrected chi connectivity index (χ1v) is 18.7. The van der Waals surface area contributed by atoms with Crippen molar-refractivity contribution < 1.29 is 28.8 Å². The zero-order chi connectivity index (χ0) is 36.2. The highest BCUT2D eigenvalue weighted by Crippen LogP contribution is 2.43. The van der Waals surface area contributed by atoms with E-state index in [1.54, 1.807) is 4.90 Å². The smallest absolute Gasteiger partial charge is 0.246 e. The third-order valence-electron chi connectivity index (χ3n) is 10.8. The van der Waals surface area contributed by atoms with Crippen LogP contribution >= 0.6 is 0 Å². The minimum Gasteiger partial charge on any atom is -0.344 e. The number of tetrazole rings is 1. The predicted octanol–water partition coefficient (Wildman–Crippen LogP) is 4.86. The molecule has 3 unspecified atom stereocenters. The van der Waals surface area contributed by atoms with Gasteiger partial charge in [0.2, 0.25) is 17.6 Å². The molecule has 3 rings (SSSR count). The van der Waals surface area contributed by atoms with Crippen LogP contribution < -0.4 is 5.32 Å². The van der Waals surface area contributed by atoms with Crippen LogP contribution in [0.5, 0.6) is 0 Å². The molecule has 1 aliphatic carbocycles. The normalized spacial score (nSPS) is 21.3. The number of likely N-dealkylation sites (tertiary alicyclic amines) is 1. The van der Waals surface area contributed by atoms with Crippen LogP contribution in [0.4, 0.5) is 0 Å². The number of carbonyl (C=O) groups is 6. The molecule has 2 fully saturated rings. The number of unbranched alkanes of at least 4 members (excludes halogenated alkanes) is 1. The minimum absolute atomic E-state index is 0.00812. The zero-order valence-corrected chi connectivity index (χ0v) is 30.8. The second kappa shape index (κ2) is 19.2. The number of nitrogens with zero attached hydrogens (tertiary/aromatic N) is 4. The van der Waals surface area contributed by atoms with Gasteiger partial charge in [0.05, 0.1) is 6.04 Å². The summed E-state index contributed by atoms with van der Waals surface area (Å²) >= 11 is 0. The summed E-state index contributed by atoms with van der Waals surface area (Å²) in [6.45, 7) is 13.8. The number of aromatic nitrogens is 4. The van der Waals surface area contributed by atoms with Gasteiger partial charge in [-0.15, -0.1) is 10.2 Å². The molecular weight excluding hydrogens is 624 g/mol. The van der Waals surface area contributed by atoms with Crippen molar-refractivity contribution in [2.24, 2.45) is 41.4 Å². The quantitative estimate of drug-likeness (QED) is 0.128. The minimum atomic E-state index is -0.863. The number of amides is 2. The molecule has 0 bridgehead atoms. The average molecular weight is 685 g/mol. The third kappa shape index (κ3) is 11.1. The number of nitrogens with one attached hydrogen (secondary N) is 2. The number of hydrogen-bond donors (Lipinski definition) is 2. The fourth-order valence-corrected chi connectivity index (χ4v) is 7.60. The van der Waals surface area contributed by atoms with Crippen molar-refractivity contribution in [3.8, 4) is 0 Å². The zero-order valence-electron chi connectivity index (χ0n) is 30.8. The molecule has 7 atom stereocenters. The summed E-state index contributed by atoms with van der Waals surface area (Å²) in [4.78, 5) is 82.8. The largest absolute Gasteiger partial charge is 0.344 e. The van der Waals surface area contributed by atoms with Crippen LogP contribution in [0.2, 0.25) is 0 Å². The summed E-state index contributed by atoms with van der Waals surface area (Å²) in [7, 11) is 0. The Balaban J connectivity index is 1.71. The first-order valence-electron chi connectivity index (χ1n) is 18.7. The van der Waals surface area contributed by atoms with Gasteiger partial charge in [-0.25, -0.2) is 0 Å². The fraction of sp³-hybridized carbons (Fsp3) is 0.811. The molecule has 49 heavy (non-hydrogen) atoms. The van der Waals surface area contributed by atoms with Gasteiger partial charge >= 0.3 is 0 Å². The first kappa shape index (κ1) is 40.1. The molecular formula is C37H60N6O6. The van der Waals surface area contributed by atoms with E-state index >= 15 is 0 Å². The van der Waals surface area contributed by atoms with E-state index in [4.69, 9.17) is 0 Å². The van der Waals surface area contributed by atoms with Gasteiger partial charge in [0.1, 0.15) is 11.8 Å².